The van der Waals surface area contributed by atoms with Gasteiger partial charge < -0.3 is 9.84 Å². The quantitative estimate of drug-likeness (QED) is 0.798. The number of carboxylic acids is 1. The van der Waals surface area contributed by atoms with Gasteiger partial charge in [-0.05, 0) is 25.1 Å². The molecule has 0 fully saturated rings. The molecule has 4 heteroatoms. The summed E-state index contributed by atoms with van der Waals surface area (Å²) < 4.78 is 5.31. The van der Waals surface area contributed by atoms with Gasteiger partial charge in [-0.1, -0.05) is 13.8 Å². The second-order valence-corrected chi connectivity index (χ2v) is 3.97. The first-order valence-corrected chi connectivity index (χ1v) is 5.51. The number of aromatic carboxylic acids is 1. The van der Waals surface area contributed by atoms with Crippen molar-refractivity contribution in [2.45, 2.75) is 20.8 Å². The monoisotopic (exact) mass is 236 g/mol. The third-order valence-corrected chi connectivity index (χ3v) is 2.32. The molecule has 0 amide bonds. The number of carboxylic acid groups (broad SMARTS) is 1. The van der Waals surface area contributed by atoms with Gasteiger partial charge in [-0.25, -0.2) is 4.79 Å². The predicted octanol–water partition coefficient (Wildman–Crippen LogP) is 2.62. The summed E-state index contributed by atoms with van der Waals surface area (Å²) in [6.45, 7) is 5.77. The first kappa shape index (κ1) is 13.2. The SMILES string of the molecule is CCOc1cc(C(=O)O)ccc1C(=O)C(C)C. The van der Waals surface area contributed by atoms with Crippen LogP contribution < -0.4 is 4.74 Å². The minimum absolute atomic E-state index is 0.0506. The normalized spacial score (nSPS) is 10.4. The van der Waals surface area contributed by atoms with E-state index in [1.165, 1.54) is 18.2 Å². The van der Waals surface area contributed by atoms with Crippen molar-refractivity contribution in [1.29, 1.82) is 0 Å². The molecule has 1 aromatic rings. The Morgan fingerprint density at radius 3 is 2.47 bits per heavy atom. The number of ether oxygens (including phenoxy) is 1. The molecule has 0 unspecified atom stereocenters. The lowest BCUT2D eigenvalue weighted by atomic mass is 9.99. The number of hydrogen-bond donors (Lipinski definition) is 1. The Kier molecular flexibility index (Phi) is 4.26. The maximum atomic E-state index is 11.9. The Morgan fingerprint density at radius 1 is 1.35 bits per heavy atom. The highest BCUT2D eigenvalue weighted by atomic mass is 16.5. The van der Waals surface area contributed by atoms with E-state index in [-0.39, 0.29) is 17.3 Å². The molecule has 0 aliphatic heterocycles. The van der Waals surface area contributed by atoms with Gasteiger partial charge in [-0.2, -0.15) is 0 Å². The molecule has 0 aliphatic carbocycles. The third-order valence-electron chi connectivity index (χ3n) is 2.32. The fourth-order valence-electron chi connectivity index (χ4n) is 1.44. The molecule has 17 heavy (non-hydrogen) atoms. The zero-order valence-corrected chi connectivity index (χ0v) is 10.2. The number of rotatable bonds is 5. The van der Waals surface area contributed by atoms with E-state index >= 15 is 0 Å². The van der Waals surface area contributed by atoms with Crippen LogP contribution in [0.2, 0.25) is 0 Å². The minimum Gasteiger partial charge on any atom is -0.493 e. The lowest BCUT2D eigenvalue weighted by Gasteiger charge is -2.11. The molecule has 4 nitrogen and oxygen atoms in total. The van der Waals surface area contributed by atoms with Gasteiger partial charge in [0.25, 0.3) is 0 Å². The van der Waals surface area contributed by atoms with Crippen LogP contribution in [0.1, 0.15) is 41.5 Å². The van der Waals surface area contributed by atoms with Crippen molar-refractivity contribution in [1.82, 2.24) is 0 Å². The Bertz CT molecular complexity index is 435. The number of carbonyl (C=O) groups is 2. The van der Waals surface area contributed by atoms with Gasteiger partial charge >= 0.3 is 5.97 Å². The second kappa shape index (κ2) is 5.48. The number of carbonyl (C=O) groups excluding carboxylic acids is 1. The van der Waals surface area contributed by atoms with E-state index in [2.05, 4.69) is 0 Å². The summed E-state index contributed by atoms with van der Waals surface area (Å²) in [5.74, 6) is -0.893. The first-order valence-electron chi connectivity index (χ1n) is 5.51. The summed E-state index contributed by atoms with van der Waals surface area (Å²) in [5.41, 5.74) is 0.556. The fraction of sp³-hybridized carbons (Fsp3) is 0.385. The molecule has 0 bridgehead atoms. The number of benzene rings is 1. The minimum atomic E-state index is -1.03. The van der Waals surface area contributed by atoms with Crippen molar-refractivity contribution >= 4 is 11.8 Å². The number of ketones is 1. The maximum Gasteiger partial charge on any atom is 0.335 e. The van der Waals surface area contributed by atoms with E-state index in [1.807, 2.05) is 0 Å². The van der Waals surface area contributed by atoms with Gasteiger partial charge in [0.15, 0.2) is 5.78 Å². The number of hydrogen-bond acceptors (Lipinski definition) is 3. The molecule has 0 atom stereocenters. The average molecular weight is 236 g/mol. The molecule has 0 saturated carbocycles. The van der Waals surface area contributed by atoms with Crippen molar-refractivity contribution in [2.75, 3.05) is 6.61 Å². The molecule has 1 rings (SSSR count). The van der Waals surface area contributed by atoms with Crippen LogP contribution in [0.25, 0.3) is 0 Å². The van der Waals surface area contributed by atoms with Crippen LogP contribution in [0.3, 0.4) is 0 Å². The average Bonchev–Trinajstić information content (AvgIpc) is 2.28. The highest BCUT2D eigenvalue weighted by Gasteiger charge is 2.17. The van der Waals surface area contributed by atoms with Crippen molar-refractivity contribution in [2.24, 2.45) is 5.92 Å². The zero-order valence-electron chi connectivity index (χ0n) is 10.2. The van der Waals surface area contributed by atoms with E-state index < -0.39 is 5.97 Å². The van der Waals surface area contributed by atoms with Crippen LogP contribution >= 0.6 is 0 Å². The van der Waals surface area contributed by atoms with Gasteiger partial charge in [0, 0.05) is 5.92 Å². The van der Waals surface area contributed by atoms with Crippen LogP contribution in [0.4, 0.5) is 0 Å². The van der Waals surface area contributed by atoms with Gasteiger partial charge in [0.2, 0.25) is 0 Å². The van der Waals surface area contributed by atoms with E-state index in [4.69, 9.17) is 9.84 Å². The Labute approximate surface area is 100 Å². The molecule has 92 valence electrons. The summed E-state index contributed by atoms with van der Waals surface area (Å²) in [6, 6.07) is 4.32. The summed E-state index contributed by atoms with van der Waals surface area (Å²) in [5, 5.41) is 8.88. The second-order valence-electron chi connectivity index (χ2n) is 3.97. The van der Waals surface area contributed by atoms with Crippen molar-refractivity contribution in [3.05, 3.63) is 29.3 Å². The van der Waals surface area contributed by atoms with Crippen LogP contribution in [0.5, 0.6) is 5.75 Å². The molecular weight excluding hydrogens is 220 g/mol. The topological polar surface area (TPSA) is 63.6 Å². The van der Waals surface area contributed by atoms with Gasteiger partial charge in [0.1, 0.15) is 5.75 Å². The first-order chi connectivity index (χ1) is 7.97. The standard InChI is InChI=1S/C13H16O4/c1-4-17-11-7-9(13(15)16)5-6-10(11)12(14)8(2)3/h5-8H,4H2,1-3H3,(H,15,16). The van der Waals surface area contributed by atoms with Crippen LogP contribution in [-0.4, -0.2) is 23.5 Å². The smallest absolute Gasteiger partial charge is 0.335 e. The molecule has 1 aromatic carbocycles. The van der Waals surface area contributed by atoms with Crippen molar-refractivity contribution in [3.8, 4) is 5.75 Å². The largest absolute Gasteiger partial charge is 0.493 e. The van der Waals surface area contributed by atoms with Crippen LogP contribution in [-0.2, 0) is 0 Å². The Morgan fingerprint density at radius 2 is 2.00 bits per heavy atom. The summed E-state index contributed by atoms with van der Waals surface area (Å²) in [4.78, 5) is 22.7. The summed E-state index contributed by atoms with van der Waals surface area (Å²) >= 11 is 0. The molecule has 0 aromatic heterocycles. The summed E-state index contributed by atoms with van der Waals surface area (Å²) in [6.07, 6.45) is 0. The highest BCUT2D eigenvalue weighted by molar-refractivity contribution is 6.01. The third kappa shape index (κ3) is 3.06. The Hall–Kier alpha value is -1.84. The van der Waals surface area contributed by atoms with E-state index in [0.29, 0.717) is 17.9 Å². The predicted molar refractivity (Wildman–Crippen MR) is 63.7 cm³/mol. The molecular formula is C13H16O4. The van der Waals surface area contributed by atoms with Crippen molar-refractivity contribution in [3.63, 3.8) is 0 Å². The van der Waals surface area contributed by atoms with E-state index in [0.717, 1.165) is 0 Å². The van der Waals surface area contributed by atoms with Crippen LogP contribution in [0.15, 0.2) is 18.2 Å². The molecule has 0 radical (unpaired) electrons. The lowest BCUT2D eigenvalue weighted by Crippen LogP contribution is -2.11. The summed E-state index contributed by atoms with van der Waals surface area (Å²) in [7, 11) is 0. The Balaban J connectivity index is 3.21. The fourth-order valence-corrected chi connectivity index (χ4v) is 1.44. The maximum absolute atomic E-state index is 11.9. The molecule has 0 aliphatic rings. The van der Waals surface area contributed by atoms with Crippen LogP contribution in [0, 0.1) is 5.92 Å². The van der Waals surface area contributed by atoms with Gasteiger partial charge in [0.05, 0.1) is 17.7 Å². The van der Waals surface area contributed by atoms with Gasteiger partial charge in [-0.3, -0.25) is 4.79 Å². The molecule has 0 spiro atoms. The number of Topliss-reactive ketones (excluding diaryl/α,β-unsaturated/α-hetero) is 1. The van der Waals surface area contributed by atoms with Crippen molar-refractivity contribution < 1.29 is 19.4 Å². The molecule has 0 heterocycles. The zero-order chi connectivity index (χ0) is 13.0. The van der Waals surface area contributed by atoms with Gasteiger partial charge in [-0.15, -0.1) is 0 Å². The lowest BCUT2D eigenvalue weighted by molar-refractivity contribution is 0.0695. The molecule has 1 N–H and O–H groups in total. The molecule has 0 saturated heterocycles. The van der Waals surface area contributed by atoms with E-state index in [9.17, 15) is 9.59 Å². The van der Waals surface area contributed by atoms with E-state index in [1.54, 1.807) is 20.8 Å². The highest BCUT2D eigenvalue weighted by Crippen LogP contribution is 2.23.